The van der Waals surface area contributed by atoms with Crippen molar-refractivity contribution in [1.29, 1.82) is 0 Å². The molecule has 2 heterocycles. The van der Waals surface area contributed by atoms with E-state index in [-0.39, 0.29) is 12.1 Å². The van der Waals surface area contributed by atoms with E-state index in [1.54, 1.807) is 19.1 Å². The zero-order valence-corrected chi connectivity index (χ0v) is 8.86. The van der Waals surface area contributed by atoms with Crippen LogP contribution < -0.4 is 0 Å². The Morgan fingerprint density at radius 2 is 2.40 bits per heavy atom. The van der Waals surface area contributed by atoms with Gasteiger partial charge in [-0.25, -0.2) is 4.79 Å². The van der Waals surface area contributed by atoms with E-state index in [4.69, 9.17) is 13.9 Å². The van der Waals surface area contributed by atoms with Crippen LogP contribution >= 0.6 is 0 Å². The third kappa shape index (κ3) is 1.45. The summed E-state index contributed by atoms with van der Waals surface area (Å²) in [5.41, 5.74) is -0.978. The van der Waals surface area contributed by atoms with E-state index in [0.29, 0.717) is 12.4 Å². The smallest absolute Gasteiger partial charge is 0.349 e. The second-order valence-electron chi connectivity index (χ2n) is 3.45. The number of furan rings is 1. The molecule has 0 spiro atoms. The third-order valence-electron chi connectivity index (χ3n) is 2.56. The fourth-order valence-corrected chi connectivity index (χ4v) is 1.79. The molecular formula is C11H14O4. The molecule has 2 atom stereocenters. The molecule has 1 fully saturated rings. The molecule has 0 bridgehead atoms. The molecule has 0 radical (unpaired) electrons. The Morgan fingerprint density at radius 1 is 1.60 bits per heavy atom. The van der Waals surface area contributed by atoms with Crippen molar-refractivity contribution in [2.24, 2.45) is 0 Å². The van der Waals surface area contributed by atoms with Crippen LogP contribution in [0.5, 0.6) is 0 Å². The first-order valence-corrected chi connectivity index (χ1v) is 5.14. The molecule has 1 aromatic rings. The summed E-state index contributed by atoms with van der Waals surface area (Å²) < 4.78 is 15.7. The first kappa shape index (κ1) is 10.2. The highest BCUT2D eigenvalue weighted by atomic mass is 16.7. The van der Waals surface area contributed by atoms with E-state index in [1.165, 1.54) is 6.26 Å². The fourth-order valence-electron chi connectivity index (χ4n) is 1.79. The lowest BCUT2D eigenvalue weighted by atomic mass is 10.0. The van der Waals surface area contributed by atoms with Gasteiger partial charge in [0.25, 0.3) is 0 Å². The van der Waals surface area contributed by atoms with Gasteiger partial charge >= 0.3 is 5.97 Å². The van der Waals surface area contributed by atoms with Crippen molar-refractivity contribution in [1.82, 2.24) is 0 Å². The van der Waals surface area contributed by atoms with Crippen molar-refractivity contribution in [3.63, 3.8) is 0 Å². The molecule has 0 N–H and O–H groups in total. The van der Waals surface area contributed by atoms with Crippen LogP contribution in [0, 0.1) is 0 Å². The molecule has 2 unspecified atom stereocenters. The van der Waals surface area contributed by atoms with E-state index in [9.17, 15) is 4.79 Å². The lowest BCUT2D eigenvalue weighted by Crippen LogP contribution is -2.27. The van der Waals surface area contributed by atoms with Gasteiger partial charge in [0.05, 0.1) is 12.9 Å². The Morgan fingerprint density at radius 3 is 2.87 bits per heavy atom. The van der Waals surface area contributed by atoms with Crippen molar-refractivity contribution in [2.75, 3.05) is 6.61 Å². The first-order valence-electron chi connectivity index (χ1n) is 5.14. The summed E-state index contributed by atoms with van der Waals surface area (Å²) in [7, 11) is 0. The summed E-state index contributed by atoms with van der Waals surface area (Å²) in [5, 5.41) is 0. The Balaban J connectivity index is 2.24. The van der Waals surface area contributed by atoms with Gasteiger partial charge in [0.2, 0.25) is 5.60 Å². The van der Waals surface area contributed by atoms with Crippen LogP contribution in [0.15, 0.2) is 22.8 Å². The predicted molar refractivity (Wildman–Crippen MR) is 52.2 cm³/mol. The van der Waals surface area contributed by atoms with Gasteiger partial charge in [-0.3, -0.25) is 0 Å². The van der Waals surface area contributed by atoms with Crippen molar-refractivity contribution in [3.8, 4) is 0 Å². The second-order valence-corrected chi connectivity index (χ2v) is 3.45. The van der Waals surface area contributed by atoms with Crippen molar-refractivity contribution in [3.05, 3.63) is 24.2 Å². The average molecular weight is 210 g/mol. The van der Waals surface area contributed by atoms with Gasteiger partial charge in [0, 0.05) is 0 Å². The van der Waals surface area contributed by atoms with Gasteiger partial charge in [-0.05, 0) is 25.5 Å². The van der Waals surface area contributed by atoms with Crippen molar-refractivity contribution in [2.45, 2.75) is 32.0 Å². The first-order chi connectivity index (χ1) is 7.25. The second kappa shape index (κ2) is 3.70. The van der Waals surface area contributed by atoms with Crippen molar-refractivity contribution < 1.29 is 18.7 Å². The number of carbonyl (C=O) groups is 1. The monoisotopic (exact) mass is 210 g/mol. The maximum absolute atomic E-state index is 11.8. The highest BCUT2D eigenvalue weighted by molar-refractivity contribution is 5.84. The molecule has 4 nitrogen and oxygen atoms in total. The van der Waals surface area contributed by atoms with Gasteiger partial charge in [-0.2, -0.15) is 0 Å². The number of rotatable bonds is 4. The lowest BCUT2D eigenvalue weighted by molar-refractivity contribution is -0.150. The van der Waals surface area contributed by atoms with Gasteiger partial charge < -0.3 is 13.9 Å². The maximum atomic E-state index is 11.8. The number of hydrogen-bond donors (Lipinski definition) is 0. The Labute approximate surface area is 88.2 Å². The topological polar surface area (TPSA) is 52.0 Å². The van der Waals surface area contributed by atoms with E-state index in [0.717, 1.165) is 6.42 Å². The Bertz CT molecular complexity index is 343. The molecule has 0 saturated carbocycles. The van der Waals surface area contributed by atoms with Crippen LogP contribution in [0.2, 0.25) is 0 Å². The number of hydrogen-bond acceptors (Lipinski definition) is 4. The maximum Gasteiger partial charge on any atom is 0.349 e. The van der Waals surface area contributed by atoms with Gasteiger partial charge in [0.15, 0.2) is 0 Å². The minimum absolute atomic E-state index is 0.123. The molecule has 1 aromatic heterocycles. The lowest BCUT2D eigenvalue weighted by Gasteiger charge is -2.08. The normalized spacial score (nSPS) is 28.8. The number of ether oxygens (including phenoxy) is 2. The largest absolute Gasteiger partial charge is 0.466 e. The van der Waals surface area contributed by atoms with Gasteiger partial charge in [0.1, 0.15) is 11.9 Å². The van der Waals surface area contributed by atoms with Crippen LogP contribution in [0.1, 0.15) is 26.0 Å². The highest BCUT2D eigenvalue weighted by Gasteiger charge is 2.66. The van der Waals surface area contributed by atoms with Crippen LogP contribution in [0.3, 0.4) is 0 Å². The summed E-state index contributed by atoms with van der Waals surface area (Å²) in [4.78, 5) is 11.8. The van der Waals surface area contributed by atoms with E-state index < -0.39 is 5.60 Å². The van der Waals surface area contributed by atoms with Crippen LogP contribution in [0.4, 0.5) is 0 Å². The van der Waals surface area contributed by atoms with Gasteiger partial charge in [-0.15, -0.1) is 0 Å². The van der Waals surface area contributed by atoms with Gasteiger partial charge in [-0.1, -0.05) is 6.92 Å². The molecule has 15 heavy (non-hydrogen) atoms. The summed E-state index contributed by atoms with van der Waals surface area (Å²) in [6, 6.07) is 3.48. The summed E-state index contributed by atoms with van der Waals surface area (Å²) in [6.07, 6.45) is 2.17. The van der Waals surface area contributed by atoms with Crippen LogP contribution in [0.25, 0.3) is 0 Å². The molecule has 0 amide bonds. The third-order valence-corrected chi connectivity index (χ3v) is 2.56. The highest BCUT2D eigenvalue weighted by Crippen LogP contribution is 2.49. The summed E-state index contributed by atoms with van der Waals surface area (Å²) in [5.74, 6) is 0.180. The van der Waals surface area contributed by atoms with E-state index in [1.807, 2.05) is 6.92 Å². The fraction of sp³-hybridized carbons (Fsp3) is 0.545. The standard InChI is InChI=1S/C11H14O4/c1-3-8-11(15-8,10(12)13-4-2)9-6-5-7-14-9/h5-8H,3-4H2,1-2H3. The molecule has 0 aromatic carbocycles. The molecule has 0 aliphatic carbocycles. The van der Waals surface area contributed by atoms with Crippen LogP contribution in [-0.2, 0) is 19.9 Å². The van der Waals surface area contributed by atoms with Crippen molar-refractivity contribution >= 4 is 5.97 Å². The number of esters is 1. The quantitative estimate of drug-likeness (QED) is 0.562. The summed E-state index contributed by atoms with van der Waals surface area (Å²) in [6.45, 7) is 4.09. The average Bonchev–Trinajstić information content (AvgIpc) is 2.73. The zero-order chi connectivity index (χ0) is 10.9. The molecule has 1 aliphatic heterocycles. The minimum atomic E-state index is -0.978. The molecule has 1 saturated heterocycles. The Hall–Kier alpha value is -1.29. The SMILES string of the molecule is CCOC(=O)C1(c2ccco2)OC1CC. The molecule has 82 valence electrons. The zero-order valence-electron chi connectivity index (χ0n) is 8.86. The molecular weight excluding hydrogens is 196 g/mol. The molecule has 2 rings (SSSR count). The molecule has 4 heteroatoms. The number of epoxide rings is 1. The van der Waals surface area contributed by atoms with Crippen LogP contribution in [-0.4, -0.2) is 18.7 Å². The number of carbonyl (C=O) groups excluding carboxylic acids is 1. The van der Waals surface area contributed by atoms with E-state index >= 15 is 0 Å². The summed E-state index contributed by atoms with van der Waals surface area (Å²) >= 11 is 0. The minimum Gasteiger partial charge on any atom is -0.466 e. The predicted octanol–water partition coefficient (Wildman–Crippen LogP) is 1.85. The Kier molecular flexibility index (Phi) is 2.52. The van der Waals surface area contributed by atoms with E-state index in [2.05, 4.69) is 0 Å². The molecule has 1 aliphatic rings.